The number of aryl methyl sites for hydroxylation is 1. The average Bonchev–Trinajstić information content (AvgIpc) is 2.97. The molecule has 0 unspecified atom stereocenters. The average molecular weight is 341 g/mol. The summed E-state index contributed by atoms with van der Waals surface area (Å²) in [5, 5.41) is 8.14. The standard InChI is InChI=1S/C19H20FN3S/c1-2-13-5-3-4-6-17(13)23-19(24)21-10-9-14-12-22-18-11-15(20)7-8-16(14)18/h3-8,11-12,22H,2,9-10H2,1H3,(H2,21,23,24). The Morgan fingerprint density at radius 2 is 2.00 bits per heavy atom. The molecule has 3 aromatic rings. The smallest absolute Gasteiger partial charge is 0.170 e. The molecule has 0 radical (unpaired) electrons. The lowest BCUT2D eigenvalue weighted by Crippen LogP contribution is -2.30. The molecule has 3 rings (SSSR count). The molecular formula is C19H20FN3S. The molecule has 5 heteroatoms. The minimum absolute atomic E-state index is 0.228. The van der Waals surface area contributed by atoms with Crippen molar-refractivity contribution in [3.63, 3.8) is 0 Å². The number of aromatic nitrogens is 1. The Hall–Kier alpha value is -2.40. The quantitative estimate of drug-likeness (QED) is 0.603. The molecule has 0 fully saturated rings. The highest BCUT2D eigenvalue weighted by molar-refractivity contribution is 7.80. The van der Waals surface area contributed by atoms with Crippen LogP contribution in [-0.2, 0) is 12.8 Å². The zero-order valence-corrected chi connectivity index (χ0v) is 14.3. The molecule has 1 heterocycles. The molecule has 0 bridgehead atoms. The van der Waals surface area contributed by atoms with Crippen molar-refractivity contribution in [1.29, 1.82) is 0 Å². The van der Waals surface area contributed by atoms with Crippen molar-refractivity contribution >= 4 is 33.9 Å². The fourth-order valence-corrected chi connectivity index (χ4v) is 3.01. The van der Waals surface area contributed by atoms with Crippen LogP contribution < -0.4 is 10.6 Å². The van der Waals surface area contributed by atoms with Crippen LogP contribution in [0, 0.1) is 5.82 Å². The molecule has 1 aromatic heterocycles. The van der Waals surface area contributed by atoms with Gasteiger partial charge in [0.1, 0.15) is 5.82 Å². The fourth-order valence-electron chi connectivity index (χ4n) is 2.79. The second-order valence-electron chi connectivity index (χ2n) is 5.65. The van der Waals surface area contributed by atoms with E-state index in [9.17, 15) is 4.39 Å². The summed E-state index contributed by atoms with van der Waals surface area (Å²) in [6.07, 6.45) is 3.69. The Balaban J connectivity index is 1.56. The third-order valence-electron chi connectivity index (χ3n) is 4.06. The molecule has 0 spiro atoms. The van der Waals surface area contributed by atoms with Gasteiger partial charge >= 0.3 is 0 Å². The van der Waals surface area contributed by atoms with E-state index in [2.05, 4.69) is 28.6 Å². The summed E-state index contributed by atoms with van der Waals surface area (Å²) in [6, 6.07) is 13.0. The second kappa shape index (κ2) is 7.45. The third-order valence-corrected chi connectivity index (χ3v) is 4.30. The highest BCUT2D eigenvalue weighted by Gasteiger charge is 2.06. The Labute approximate surface area is 146 Å². The highest BCUT2D eigenvalue weighted by atomic mass is 32.1. The van der Waals surface area contributed by atoms with Gasteiger partial charge in [0.25, 0.3) is 0 Å². The summed E-state index contributed by atoms with van der Waals surface area (Å²) < 4.78 is 13.2. The number of para-hydroxylation sites is 1. The number of rotatable bonds is 5. The summed E-state index contributed by atoms with van der Waals surface area (Å²) in [4.78, 5) is 3.11. The third kappa shape index (κ3) is 3.74. The number of thiocarbonyl (C=S) groups is 1. The number of hydrogen-bond donors (Lipinski definition) is 3. The molecule has 2 aromatic carbocycles. The minimum atomic E-state index is -0.228. The Bertz CT molecular complexity index is 857. The van der Waals surface area contributed by atoms with Gasteiger partial charge in [-0.2, -0.15) is 0 Å². The topological polar surface area (TPSA) is 39.8 Å². The number of benzene rings is 2. The zero-order valence-electron chi connectivity index (χ0n) is 13.5. The van der Waals surface area contributed by atoms with Crippen LogP contribution in [0.1, 0.15) is 18.1 Å². The first-order chi connectivity index (χ1) is 11.7. The van der Waals surface area contributed by atoms with Crippen LogP contribution in [0.25, 0.3) is 10.9 Å². The maximum atomic E-state index is 13.2. The fraction of sp³-hybridized carbons (Fsp3) is 0.211. The SMILES string of the molecule is CCc1ccccc1NC(=S)NCCc1c[nH]c2cc(F)ccc12. The molecule has 0 amide bonds. The van der Waals surface area contributed by atoms with E-state index in [4.69, 9.17) is 12.2 Å². The van der Waals surface area contributed by atoms with Crippen LogP contribution >= 0.6 is 12.2 Å². The van der Waals surface area contributed by atoms with Crippen molar-refractivity contribution in [2.45, 2.75) is 19.8 Å². The molecule has 3 N–H and O–H groups in total. The van der Waals surface area contributed by atoms with E-state index in [1.807, 2.05) is 30.5 Å². The molecule has 0 saturated heterocycles. The first-order valence-corrected chi connectivity index (χ1v) is 8.46. The van der Waals surface area contributed by atoms with E-state index in [0.717, 1.165) is 35.0 Å². The predicted octanol–water partition coefficient (Wildman–Crippen LogP) is 4.40. The highest BCUT2D eigenvalue weighted by Crippen LogP contribution is 2.19. The van der Waals surface area contributed by atoms with Crippen molar-refractivity contribution < 1.29 is 4.39 Å². The van der Waals surface area contributed by atoms with Gasteiger partial charge in [-0.1, -0.05) is 25.1 Å². The molecule has 0 aliphatic heterocycles. The summed E-state index contributed by atoms with van der Waals surface area (Å²) in [5.41, 5.74) is 4.25. The van der Waals surface area contributed by atoms with Crippen LogP contribution in [0.3, 0.4) is 0 Å². The van der Waals surface area contributed by atoms with Gasteiger partial charge in [-0.25, -0.2) is 4.39 Å². The van der Waals surface area contributed by atoms with Gasteiger partial charge in [-0.3, -0.25) is 0 Å². The normalized spacial score (nSPS) is 10.8. The van der Waals surface area contributed by atoms with Gasteiger partial charge in [0.15, 0.2) is 5.11 Å². The van der Waals surface area contributed by atoms with Gasteiger partial charge in [0.05, 0.1) is 0 Å². The van der Waals surface area contributed by atoms with Crippen molar-refractivity contribution in [3.8, 4) is 0 Å². The number of fused-ring (bicyclic) bond motifs is 1. The molecule has 0 aliphatic carbocycles. The van der Waals surface area contributed by atoms with E-state index < -0.39 is 0 Å². The molecular weight excluding hydrogens is 321 g/mol. The summed E-state index contributed by atoms with van der Waals surface area (Å²) in [5.74, 6) is -0.228. The van der Waals surface area contributed by atoms with Gasteiger partial charge in [0.2, 0.25) is 0 Å². The molecule has 24 heavy (non-hydrogen) atoms. The monoisotopic (exact) mass is 341 g/mol. The van der Waals surface area contributed by atoms with Gasteiger partial charge in [-0.05, 0) is 60.5 Å². The molecule has 0 atom stereocenters. The maximum Gasteiger partial charge on any atom is 0.170 e. The number of aromatic amines is 1. The molecule has 0 saturated carbocycles. The van der Waals surface area contributed by atoms with E-state index >= 15 is 0 Å². The van der Waals surface area contributed by atoms with Crippen molar-refractivity contribution in [3.05, 3.63) is 65.6 Å². The van der Waals surface area contributed by atoms with Crippen LogP contribution in [-0.4, -0.2) is 16.6 Å². The summed E-state index contributed by atoms with van der Waals surface area (Å²) in [7, 11) is 0. The number of anilines is 1. The lowest BCUT2D eigenvalue weighted by molar-refractivity contribution is 0.629. The van der Waals surface area contributed by atoms with Crippen LogP contribution in [0.5, 0.6) is 0 Å². The first-order valence-electron chi connectivity index (χ1n) is 8.05. The van der Waals surface area contributed by atoms with Crippen molar-refractivity contribution in [1.82, 2.24) is 10.3 Å². The van der Waals surface area contributed by atoms with E-state index in [1.165, 1.54) is 17.7 Å². The second-order valence-corrected chi connectivity index (χ2v) is 6.05. The molecule has 3 nitrogen and oxygen atoms in total. The number of nitrogens with one attached hydrogen (secondary N) is 3. The van der Waals surface area contributed by atoms with Crippen LogP contribution in [0.15, 0.2) is 48.7 Å². The van der Waals surface area contributed by atoms with Gasteiger partial charge in [0, 0.05) is 29.3 Å². The predicted molar refractivity (Wildman–Crippen MR) is 102 cm³/mol. The van der Waals surface area contributed by atoms with Crippen molar-refractivity contribution in [2.75, 3.05) is 11.9 Å². The van der Waals surface area contributed by atoms with Gasteiger partial charge < -0.3 is 15.6 Å². The van der Waals surface area contributed by atoms with Gasteiger partial charge in [-0.15, -0.1) is 0 Å². The zero-order chi connectivity index (χ0) is 16.9. The molecule has 124 valence electrons. The van der Waals surface area contributed by atoms with E-state index in [0.29, 0.717) is 11.7 Å². The van der Waals surface area contributed by atoms with E-state index in [1.54, 1.807) is 0 Å². The summed E-state index contributed by atoms with van der Waals surface area (Å²) >= 11 is 5.37. The Morgan fingerprint density at radius 3 is 2.83 bits per heavy atom. The summed E-state index contributed by atoms with van der Waals surface area (Å²) in [6.45, 7) is 2.83. The molecule has 0 aliphatic rings. The largest absolute Gasteiger partial charge is 0.362 e. The Kier molecular flexibility index (Phi) is 5.11. The first kappa shape index (κ1) is 16.5. The van der Waals surface area contributed by atoms with Crippen molar-refractivity contribution in [2.24, 2.45) is 0 Å². The van der Waals surface area contributed by atoms with E-state index in [-0.39, 0.29) is 5.82 Å². The lowest BCUT2D eigenvalue weighted by Gasteiger charge is -2.13. The van der Waals surface area contributed by atoms with Crippen LogP contribution in [0.4, 0.5) is 10.1 Å². The lowest BCUT2D eigenvalue weighted by atomic mass is 10.1. The number of hydrogen-bond acceptors (Lipinski definition) is 1. The maximum absolute atomic E-state index is 13.2. The minimum Gasteiger partial charge on any atom is -0.362 e. The van der Waals surface area contributed by atoms with Crippen LogP contribution in [0.2, 0.25) is 0 Å². The number of H-pyrrole nitrogens is 1. The number of halogens is 1. The Morgan fingerprint density at radius 1 is 1.17 bits per heavy atom.